The number of morpholine rings is 1. The Morgan fingerprint density at radius 1 is 0.960 bits per heavy atom. The zero-order valence-corrected chi connectivity index (χ0v) is 13.9. The molecule has 0 N–H and O–H groups in total. The van der Waals surface area contributed by atoms with Crippen molar-refractivity contribution >= 4 is 11.8 Å². The number of hydrogen-bond donors (Lipinski definition) is 0. The molecule has 2 amide bonds. The topological polar surface area (TPSA) is 53.1 Å². The van der Waals surface area contributed by atoms with E-state index in [9.17, 15) is 18.4 Å². The summed E-state index contributed by atoms with van der Waals surface area (Å²) in [7, 11) is 0. The van der Waals surface area contributed by atoms with Gasteiger partial charge in [-0.25, -0.2) is 8.78 Å². The Morgan fingerprint density at radius 3 is 2.28 bits per heavy atom. The van der Waals surface area contributed by atoms with Crippen molar-refractivity contribution in [3.63, 3.8) is 0 Å². The molecule has 2 saturated heterocycles. The molecular formula is C17H21F2N3O3. The van der Waals surface area contributed by atoms with Crippen LogP contribution in [0.4, 0.5) is 8.78 Å². The maximum atomic E-state index is 13.8. The van der Waals surface area contributed by atoms with Gasteiger partial charge in [0.25, 0.3) is 5.91 Å². The van der Waals surface area contributed by atoms with E-state index < -0.39 is 17.5 Å². The molecule has 2 aliphatic heterocycles. The zero-order chi connectivity index (χ0) is 17.8. The summed E-state index contributed by atoms with van der Waals surface area (Å²) in [6, 6.07) is 2.96. The number of nitrogens with zero attached hydrogens (tertiary/aromatic N) is 3. The molecule has 0 aromatic heterocycles. The van der Waals surface area contributed by atoms with E-state index in [1.54, 1.807) is 4.90 Å². The van der Waals surface area contributed by atoms with Gasteiger partial charge in [-0.3, -0.25) is 14.5 Å². The Labute approximate surface area is 144 Å². The molecule has 0 atom stereocenters. The number of amides is 2. The maximum absolute atomic E-state index is 13.8. The van der Waals surface area contributed by atoms with Crippen molar-refractivity contribution in [2.75, 3.05) is 59.0 Å². The number of carbonyl (C=O) groups excluding carboxylic acids is 2. The summed E-state index contributed by atoms with van der Waals surface area (Å²) in [6.07, 6.45) is 0. The molecule has 1 aromatic carbocycles. The summed E-state index contributed by atoms with van der Waals surface area (Å²) in [5.41, 5.74) is -0.126. The Kier molecular flexibility index (Phi) is 5.60. The third kappa shape index (κ3) is 4.32. The second-order valence-corrected chi connectivity index (χ2v) is 6.19. The molecule has 0 bridgehead atoms. The van der Waals surface area contributed by atoms with E-state index in [0.29, 0.717) is 65.1 Å². The third-order valence-corrected chi connectivity index (χ3v) is 4.54. The standard InChI is InChI=1S/C17H21F2N3O3/c18-13-1-2-14(15(19)11-13)17(24)22-5-3-20(4-6-22)12-16(23)21-7-9-25-10-8-21/h1-2,11H,3-10,12H2. The summed E-state index contributed by atoms with van der Waals surface area (Å²) in [5.74, 6) is -1.94. The molecule has 8 heteroatoms. The highest BCUT2D eigenvalue weighted by Crippen LogP contribution is 2.14. The van der Waals surface area contributed by atoms with Crippen LogP contribution in [0.5, 0.6) is 0 Å². The monoisotopic (exact) mass is 353 g/mol. The molecule has 2 heterocycles. The first-order valence-electron chi connectivity index (χ1n) is 8.37. The van der Waals surface area contributed by atoms with Crippen molar-refractivity contribution < 1.29 is 23.1 Å². The molecule has 2 aliphatic rings. The molecule has 0 radical (unpaired) electrons. The number of rotatable bonds is 3. The molecular weight excluding hydrogens is 332 g/mol. The summed E-state index contributed by atoms with van der Waals surface area (Å²) < 4.78 is 31.9. The van der Waals surface area contributed by atoms with Gasteiger partial charge in [-0.1, -0.05) is 0 Å². The Balaban J connectivity index is 1.51. The molecule has 3 rings (SSSR count). The molecule has 1 aromatic rings. The van der Waals surface area contributed by atoms with Gasteiger partial charge in [-0.2, -0.15) is 0 Å². The van der Waals surface area contributed by atoms with E-state index in [2.05, 4.69) is 0 Å². The van der Waals surface area contributed by atoms with Crippen LogP contribution in [-0.4, -0.2) is 85.5 Å². The number of carbonyl (C=O) groups is 2. The predicted octanol–water partition coefficient (Wildman–Crippen LogP) is 0.581. The van der Waals surface area contributed by atoms with E-state index in [-0.39, 0.29) is 11.5 Å². The molecule has 2 fully saturated rings. The first kappa shape index (κ1) is 17.8. The average Bonchev–Trinajstić information content (AvgIpc) is 2.62. The van der Waals surface area contributed by atoms with Gasteiger partial charge in [-0.15, -0.1) is 0 Å². The first-order chi connectivity index (χ1) is 12.0. The fraction of sp³-hybridized carbons (Fsp3) is 0.529. The van der Waals surface area contributed by atoms with Crippen molar-refractivity contribution in [2.45, 2.75) is 0 Å². The van der Waals surface area contributed by atoms with Gasteiger partial charge >= 0.3 is 0 Å². The highest BCUT2D eigenvalue weighted by atomic mass is 19.1. The Morgan fingerprint density at radius 2 is 1.64 bits per heavy atom. The van der Waals surface area contributed by atoms with Gasteiger partial charge in [0, 0.05) is 45.3 Å². The van der Waals surface area contributed by atoms with E-state index in [1.807, 2.05) is 4.90 Å². The Hall–Kier alpha value is -2.06. The first-order valence-corrected chi connectivity index (χ1v) is 8.37. The number of hydrogen-bond acceptors (Lipinski definition) is 4. The second-order valence-electron chi connectivity index (χ2n) is 6.19. The SMILES string of the molecule is O=C(CN1CCN(C(=O)c2ccc(F)cc2F)CC1)N1CCOCC1. The minimum atomic E-state index is -0.852. The molecule has 0 unspecified atom stereocenters. The van der Waals surface area contributed by atoms with Gasteiger partial charge < -0.3 is 14.5 Å². The lowest BCUT2D eigenvalue weighted by Crippen LogP contribution is -2.52. The lowest BCUT2D eigenvalue weighted by molar-refractivity contribution is -0.136. The lowest BCUT2D eigenvalue weighted by Gasteiger charge is -2.36. The van der Waals surface area contributed by atoms with Crippen LogP contribution in [0.15, 0.2) is 18.2 Å². The average molecular weight is 353 g/mol. The number of ether oxygens (including phenoxy) is 1. The predicted molar refractivity (Wildman–Crippen MR) is 86.1 cm³/mol. The molecule has 0 spiro atoms. The van der Waals surface area contributed by atoms with Gasteiger partial charge in [0.15, 0.2) is 0 Å². The quantitative estimate of drug-likeness (QED) is 0.798. The Bertz CT molecular complexity index is 642. The van der Waals surface area contributed by atoms with Crippen LogP contribution in [0, 0.1) is 11.6 Å². The van der Waals surface area contributed by atoms with Crippen LogP contribution < -0.4 is 0 Å². The smallest absolute Gasteiger partial charge is 0.256 e. The van der Waals surface area contributed by atoms with E-state index in [1.165, 1.54) is 11.0 Å². The van der Waals surface area contributed by atoms with Crippen molar-refractivity contribution in [1.29, 1.82) is 0 Å². The minimum Gasteiger partial charge on any atom is -0.378 e. The highest BCUT2D eigenvalue weighted by molar-refractivity contribution is 5.94. The molecule has 0 aliphatic carbocycles. The fourth-order valence-electron chi connectivity index (χ4n) is 3.05. The van der Waals surface area contributed by atoms with Crippen LogP contribution in [-0.2, 0) is 9.53 Å². The molecule has 136 valence electrons. The maximum Gasteiger partial charge on any atom is 0.256 e. The minimum absolute atomic E-state index is 0.0626. The van der Waals surface area contributed by atoms with Crippen molar-refractivity contribution in [1.82, 2.24) is 14.7 Å². The summed E-state index contributed by atoms with van der Waals surface area (Å²) >= 11 is 0. The van der Waals surface area contributed by atoms with Crippen LogP contribution in [0.3, 0.4) is 0 Å². The third-order valence-electron chi connectivity index (χ3n) is 4.54. The van der Waals surface area contributed by atoms with Crippen molar-refractivity contribution in [3.05, 3.63) is 35.4 Å². The zero-order valence-electron chi connectivity index (χ0n) is 13.9. The van der Waals surface area contributed by atoms with Gasteiger partial charge in [-0.05, 0) is 12.1 Å². The number of piperazine rings is 1. The lowest BCUT2D eigenvalue weighted by atomic mass is 10.1. The molecule has 6 nitrogen and oxygen atoms in total. The van der Waals surface area contributed by atoms with Crippen molar-refractivity contribution in [3.8, 4) is 0 Å². The molecule has 0 saturated carbocycles. The van der Waals surface area contributed by atoms with E-state index in [0.717, 1.165) is 6.07 Å². The normalized spacial score (nSPS) is 19.1. The second kappa shape index (κ2) is 7.88. The van der Waals surface area contributed by atoms with E-state index >= 15 is 0 Å². The summed E-state index contributed by atoms with van der Waals surface area (Å²) in [6.45, 7) is 4.58. The van der Waals surface area contributed by atoms with Crippen molar-refractivity contribution in [2.24, 2.45) is 0 Å². The fourth-order valence-corrected chi connectivity index (χ4v) is 3.05. The molecule has 25 heavy (non-hydrogen) atoms. The van der Waals surface area contributed by atoms with Gasteiger partial charge in [0.05, 0.1) is 25.3 Å². The highest BCUT2D eigenvalue weighted by Gasteiger charge is 2.26. The van der Waals surface area contributed by atoms with Crippen LogP contribution in [0.1, 0.15) is 10.4 Å². The van der Waals surface area contributed by atoms with Gasteiger partial charge in [0.2, 0.25) is 5.91 Å². The summed E-state index contributed by atoms with van der Waals surface area (Å²) in [5, 5.41) is 0. The number of halogens is 2. The van der Waals surface area contributed by atoms with Gasteiger partial charge in [0.1, 0.15) is 11.6 Å². The van der Waals surface area contributed by atoms with Crippen LogP contribution >= 0.6 is 0 Å². The number of benzene rings is 1. The van der Waals surface area contributed by atoms with Crippen LogP contribution in [0.2, 0.25) is 0 Å². The largest absolute Gasteiger partial charge is 0.378 e. The van der Waals surface area contributed by atoms with E-state index in [4.69, 9.17) is 4.74 Å². The summed E-state index contributed by atoms with van der Waals surface area (Å²) in [4.78, 5) is 29.9. The van der Waals surface area contributed by atoms with Crippen LogP contribution in [0.25, 0.3) is 0 Å².